The number of aliphatic hydroxyl groups excluding tert-OH is 1. The Hall–Kier alpha value is -3.24. The van der Waals surface area contributed by atoms with E-state index in [2.05, 4.69) is 0 Å². The van der Waals surface area contributed by atoms with Gasteiger partial charge >= 0.3 is 6.09 Å². The van der Waals surface area contributed by atoms with E-state index in [0.29, 0.717) is 12.2 Å². The summed E-state index contributed by atoms with van der Waals surface area (Å²) in [7, 11) is 0. The molecule has 0 radical (unpaired) electrons. The van der Waals surface area contributed by atoms with Crippen LogP contribution < -0.4 is 4.74 Å². The number of ether oxygens (including phenoxy) is 2. The van der Waals surface area contributed by atoms with Crippen LogP contribution in [0, 0.1) is 11.6 Å². The van der Waals surface area contributed by atoms with E-state index < -0.39 is 47.8 Å². The molecule has 1 N–H and O–H groups in total. The lowest BCUT2D eigenvalue weighted by atomic mass is 9.94. The van der Waals surface area contributed by atoms with Gasteiger partial charge in [-0.05, 0) is 52.1 Å². The molecule has 1 unspecified atom stereocenters. The average molecular weight is 560 g/mol. The minimum Gasteiger partial charge on any atom is -0.487 e. The first-order valence-electron chi connectivity index (χ1n) is 13.5. The highest BCUT2D eigenvalue weighted by atomic mass is 19.1. The number of alkyl halides is 1. The number of hydrogen-bond donors (Lipinski definition) is 1. The summed E-state index contributed by atoms with van der Waals surface area (Å²) in [5, 5.41) is 10.6. The Morgan fingerprint density at radius 2 is 1.70 bits per heavy atom. The van der Waals surface area contributed by atoms with Gasteiger partial charge in [-0.2, -0.15) is 0 Å². The lowest BCUT2D eigenvalue weighted by molar-refractivity contribution is -0.0223. The summed E-state index contributed by atoms with van der Waals surface area (Å²) < 4.78 is 60.0. The molecule has 1 saturated heterocycles. The van der Waals surface area contributed by atoms with E-state index in [1.165, 1.54) is 11.8 Å². The number of nitrogens with zero attached hydrogens (tertiary/aromatic N) is 3. The van der Waals surface area contributed by atoms with Crippen LogP contribution >= 0.6 is 0 Å². The van der Waals surface area contributed by atoms with Gasteiger partial charge in [0.2, 0.25) is 0 Å². The van der Waals surface area contributed by atoms with Crippen molar-refractivity contribution >= 4 is 17.0 Å². The van der Waals surface area contributed by atoms with Crippen LogP contribution in [0.25, 0.3) is 10.9 Å². The van der Waals surface area contributed by atoms with Gasteiger partial charge in [0, 0.05) is 48.0 Å². The Balaban J connectivity index is 1.45. The Morgan fingerprint density at radius 1 is 1.05 bits per heavy atom. The quantitative estimate of drug-likeness (QED) is 0.436. The van der Waals surface area contributed by atoms with Gasteiger partial charge < -0.3 is 24.0 Å². The van der Waals surface area contributed by atoms with Crippen molar-refractivity contribution in [2.24, 2.45) is 0 Å². The zero-order valence-corrected chi connectivity index (χ0v) is 23.5. The standard InChI is InChI=1S/C30H36F3N3O4/c1-18-13-35-24-9-7-6-8-19(24)10-25(35)27(36(18)16-30(5,33)17-37)26-22(31)11-20(12-23(26)32)39-21-14-34(15-21)28(38)40-29(2,3)4/h6-12,18,21,27,37H,13-17H2,1-5H3/t18-,27+,30?/m1/s1. The summed E-state index contributed by atoms with van der Waals surface area (Å²) in [5.74, 6) is -1.62. The van der Waals surface area contributed by atoms with Crippen molar-refractivity contribution in [1.29, 1.82) is 0 Å². The second kappa shape index (κ2) is 10.3. The lowest BCUT2D eigenvalue weighted by Gasteiger charge is -2.44. The molecule has 5 rings (SSSR count). The van der Waals surface area contributed by atoms with Gasteiger partial charge in [-0.3, -0.25) is 4.90 Å². The lowest BCUT2D eigenvalue weighted by Crippen LogP contribution is -2.57. The third-order valence-corrected chi connectivity index (χ3v) is 7.44. The number of amides is 1. The molecule has 3 aromatic rings. The fourth-order valence-corrected chi connectivity index (χ4v) is 5.52. The van der Waals surface area contributed by atoms with Crippen LogP contribution in [0.5, 0.6) is 5.75 Å². The highest BCUT2D eigenvalue weighted by Gasteiger charge is 2.42. The number of rotatable bonds is 6. The maximum absolute atomic E-state index is 15.8. The maximum atomic E-state index is 15.8. The molecule has 2 aromatic carbocycles. The molecular weight excluding hydrogens is 523 g/mol. The highest BCUT2D eigenvalue weighted by molar-refractivity contribution is 5.82. The first-order chi connectivity index (χ1) is 18.8. The third kappa shape index (κ3) is 5.51. The summed E-state index contributed by atoms with van der Waals surface area (Å²) in [6.07, 6.45) is -0.896. The maximum Gasteiger partial charge on any atom is 0.410 e. The van der Waals surface area contributed by atoms with E-state index in [9.17, 15) is 9.90 Å². The summed E-state index contributed by atoms with van der Waals surface area (Å²) in [5.41, 5.74) is -1.23. The third-order valence-electron chi connectivity index (χ3n) is 7.44. The van der Waals surface area contributed by atoms with E-state index in [-0.39, 0.29) is 37.0 Å². The van der Waals surface area contributed by atoms with Crippen molar-refractivity contribution < 1.29 is 32.5 Å². The van der Waals surface area contributed by atoms with E-state index >= 15 is 13.2 Å². The number of para-hydroxylation sites is 1. The molecule has 40 heavy (non-hydrogen) atoms. The minimum atomic E-state index is -1.97. The van der Waals surface area contributed by atoms with Gasteiger partial charge in [-0.15, -0.1) is 0 Å². The fraction of sp³-hybridized carbons (Fsp3) is 0.500. The number of fused-ring (bicyclic) bond motifs is 3. The molecule has 1 fully saturated rings. The zero-order chi connectivity index (χ0) is 29.0. The molecule has 3 atom stereocenters. The average Bonchev–Trinajstić information content (AvgIpc) is 3.19. The van der Waals surface area contributed by atoms with Crippen molar-refractivity contribution in [3.63, 3.8) is 0 Å². The highest BCUT2D eigenvalue weighted by Crippen LogP contribution is 2.42. The molecule has 0 spiro atoms. The SMILES string of the molecule is C[C@@H]1Cn2c(cc3ccccc32)[C@@H](c2c(F)cc(OC3CN(C(=O)OC(C)(C)C)C3)cc2F)N1CC(C)(F)CO. The fourth-order valence-electron chi connectivity index (χ4n) is 5.52. The number of benzene rings is 2. The van der Waals surface area contributed by atoms with Crippen LogP contribution in [0.4, 0.5) is 18.0 Å². The van der Waals surface area contributed by atoms with Gasteiger partial charge in [0.05, 0.1) is 25.7 Å². The normalized spacial score (nSPS) is 21.6. The number of halogens is 3. The zero-order valence-electron chi connectivity index (χ0n) is 23.5. The molecule has 0 bridgehead atoms. The molecule has 3 heterocycles. The van der Waals surface area contributed by atoms with E-state index in [0.717, 1.165) is 23.0 Å². The molecule has 2 aliphatic rings. The second-order valence-corrected chi connectivity index (χ2v) is 12.2. The van der Waals surface area contributed by atoms with Crippen molar-refractivity contribution in [2.75, 3.05) is 26.2 Å². The summed E-state index contributed by atoms with van der Waals surface area (Å²) in [6.45, 7) is 8.55. The Kier molecular flexibility index (Phi) is 7.29. The van der Waals surface area contributed by atoms with Crippen molar-refractivity contribution in [3.05, 3.63) is 65.4 Å². The van der Waals surface area contributed by atoms with Gasteiger partial charge in [-0.1, -0.05) is 18.2 Å². The van der Waals surface area contributed by atoms with Crippen molar-refractivity contribution in [1.82, 2.24) is 14.4 Å². The largest absolute Gasteiger partial charge is 0.487 e. The number of carbonyl (C=O) groups excluding carboxylic acids is 1. The van der Waals surface area contributed by atoms with Crippen molar-refractivity contribution in [3.8, 4) is 5.75 Å². The number of aromatic nitrogens is 1. The summed E-state index contributed by atoms with van der Waals surface area (Å²) >= 11 is 0. The monoisotopic (exact) mass is 559 g/mol. The number of likely N-dealkylation sites (tertiary alicyclic amines) is 1. The smallest absolute Gasteiger partial charge is 0.410 e. The molecule has 0 aliphatic carbocycles. The molecule has 10 heteroatoms. The van der Waals surface area contributed by atoms with E-state index in [1.807, 2.05) is 41.8 Å². The molecule has 1 aromatic heterocycles. The minimum absolute atomic E-state index is 0.00854. The molecule has 0 saturated carbocycles. The summed E-state index contributed by atoms with van der Waals surface area (Å²) in [4.78, 5) is 15.4. The summed E-state index contributed by atoms with van der Waals surface area (Å²) in [6, 6.07) is 10.6. The molecule has 2 aliphatic heterocycles. The number of hydrogen-bond acceptors (Lipinski definition) is 5. The van der Waals surface area contributed by atoms with Crippen LogP contribution in [0.1, 0.15) is 51.9 Å². The van der Waals surface area contributed by atoms with Gasteiger partial charge in [0.15, 0.2) is 0 Å². The number of carbonyl (C=O) groups is 1. The van der Waals surface area contributed by atoms with Crippen molar-refractivity contribution in [2.45, 2.75) is 70.6 Å². The van der Waals surface area contributed by atoms with Gasteiger partial charge in [0.25, 0.3) is 0 Å². The Labute approximate surface area is 232 Å². The van der Waals surface area contributed by atoms with Crippen LogP contribution in [-0.2, 0) is 11.3 Å². The Morgan fingerprint density at radius 3 is 2.33 bits per heavy atom. The van der Waals surface area contributed by atoms with Crippen LogP contribution in [0.3, 0.4) is 0 Å². The van der Waals surface area contributed by atoms with Gasteiger partial charge in [0.1, 0.15) is 34.8 Å². The van der Waals surface area contributed by atoms with Crippen LogP contribution in [0.15, 0.2) is 42.5 Å². The second-order valence-electron chi connectivity index (χ2n) is 12.2. The first kappa shape index (κ1) is 28.3. The van der Waals surface area contributed by atoms with E-state index in [1.54, 1.807) is 25.7 Å². The van der Waals surface area contributed by atoms with Crippen LogP contribution in [-0.4, -0.2) is 75.2 Å². The predicted molar refractivity (Wildman–Crippen MR) is 145 cm³/mol. The molecule has 7 nitrogen and oxygen atoms in total. The number of aliphatic hydroxyl groups is 1. The Bertz CT molecular complexity index is 1390. The molecular formula is C30H36F3N3O4. The first-order valence-corrected chi connectivity index (χ1v) is 13.5. The van der Waals surface area contributed by atoms with E-state index in [4.69, 9.17) is 9.47 Å². The topological polar surface area (TPSA) is 67.2 Å². The molecule has 1 amide bonds. The molecule has 216 valence electrons. The van der Waals surface area contributed by atoms with Crippen LogP contribution in [0.2, 0.25) is 0 Å². The predicted octanol–water partition coefficient (Wildman–Crippen LogP) is 5.43. The van der Waals surface area contributed by atoms with Gasteiger partial charge in [-0.25, -0.2) is 18.0 Å².